The van der Waals surface area contributed by atoms with E-state index < -0.39 is 0 Å². The van der Waals surface area contributed by atoms with Crippen LogP contribution in [0.2, 0.25) is 0 Å². The molecule has 5 heteroatoms. The van der Waals surface area contributed by atoms with E-state index in [2.05, 4.69) is 8.36 Å². The number of rotatable bonds is 0. The molecule has 1 N–H and O–H groups in total. The van der Waals surface area contributed by atoms with Crippen molar-refractivity contribution >= 4 is 24.8 Å². The van der Waals surface area contributed by atoms with Gasteiger partial charge in [0.25, 0.3) is 0 Å². The summed E-state index contributed by atoms with van der Waals surface area (Å²) in [5, 5.41) is 12.6. The molecule has 0 atom stereocenters. The van der Waals surface area contributed by atoms with E-state index in [1.165, 1.54) is 0 Å². The third kappa shape index (κ3) is 1.16. The first kappa shape index (κ1) is 5.10. The van der Waals surface area contributed by atoms with Crippen molar-refractivity contribution in [3.8, 4) is 0 Å². The summed E-state index contributed by atoms with van der Waals surface area (Å²) < 4.78 is 4.56. The fourth-order valence-corrected chi connectivity index (χ4v) is 1.14. The van der Waals surface area contributed by atoms with Crippen LogP contribution in [0.25, 0.3) is 0 Å². The van der Waals surface area contributed by atoms with Gasteiger partial charge in [0.1, 0.15) is 3.72 Å². The third-order valence-corrected chi connectivity index (χ3v) is 1.97. The zero-order valence-corrected chi connectivity index (χ0v) is 5.82. The van der Waals surface area contributed by atoms with Gasteiger partial charge >= 0.3 is 0 Å². The quantitative estimate of drug-likeness (QED) is 0.612. The van der Waals surface area contributed by atoms with Crippen LogP contribution in [0, 0.1) is 0 Å². The molecule has 4 nitrogen and oxygen atoms in total. The average molecular weight is 213 g/mol. The SMILES string of the molecule is CC1=NN(O)N=I1. The van der Waals surface area contributed by atoms with Gasteiger partial charge in [0.05, 0.1) is 21.0 Å². The van der Waals surface area contributed by atoms with E-state index in [0.29, 0.717) is 5.28 Å². The van der Waals surface area contributed by atoms with Crippen molar-refractivity contribution in [2.75, 3.05) is 0 Å². The van der Waals surface area contributed by atoms with Crippen LogP contribution < -0.4 is 0 Å². The molecule has 0 amide bonds. The molecule has 0 aromatic carbocycles. The van der Waals surface area contributed by atoms with Gasteiger partial charge < -0.3 is 0 Å². The fraction of sp³-hybridized carbons (Fsp3) is 0.500. The second-order valence-electron chi connectivity index (χ2n) is 1.03. The van der Waals surface area contributed by atoms with Gasteiger partial charge in [-0.3, -0.25) is 5.21 Å². The second-order valence-corrected chi connectivity index (χ2v) is 3.50. The maximum Gasteiger partial charge on any atom is 0.114 e. The second kappa shape index (κ2) is 1.83. The normalized spacial score (nSPS) is 19.1. The highest BCUT2D eigenvalue weighted by molar-refractivity contribution is 14.2. The first-order valence-electron chi connectivity index (χ1n) is 1.68. The lowest BCUT2D eigenvalue weighted by Gasteiger charge is -1.90. The zero-order chi connectivity index (χ0) is 5.28. The predicted molar refractivity (Wildman–Crippen MR) is 33.2 cm³/mol. The van der Waals surface area contributed by atoms with Crippen LogP contribution in [-0.4, -0.2) is 14.2 Å². The largest absolute Gasteiger partial charge is 0.251 e. The molecule has 0 bridgehead atoms. The van der Waals surface area contributed by atoms with Crippen LogP contribution in [0.5, 0.6) is 0 Å². The van der Waals surface area contributed by atoms with Crippen LogP contribution in [0.4, 0.5) is 0 Å². The maximum absolute atomic E-state index is 8.41. The summed E-state index contributed by atoms with van der Waals surface area (Å²) in [7, 11) is 0. The molecule has 1 aliphatic rings. The Bertz CT molecular complexity index is 131. The Kier molecular flexibility index (Phi) is 1.33. The van der Waals surface area contributed by atoms with Gasteiger partial charge in [0.15, 0.2) is 0 Å². The smallest absolute Gasteiger partial charge is 0.114 e. The lowest BCUT2D eigenvalue weighted by Crippen LogP contribution is -1.96. The molecule has 0 fully saturated rings. The lowest BCUT2D eigenvalue weighted by atomic mass is 10.9. The molecule has 1 heterocycles. The summed E-state index contributed by atoms with van der Waals surface area (Å²) in [6.07, 6.45) is 0. The highest BCUT2D eigenvalue weighted by Gasteiger charge is 1.98. The van der Waals surface area contributed by atoms with E-state index in [4.69, 9.17) is 5.21 Å². The molecule has 0 aliphatic carbocycles. The van der Waals surface area contributed by atoms with Crippen molar-refractivity contribution in [1.29, 1.82) is 0 Å². The number of halogens is 1. The molecule has 0 aromatic rings. The molecule has 0 saturated heterocycles. The van der Waals surface area contributed by atoms with Crippen molar-refractivity contribution in [3.63, 3.8) is 0 Å². The summed E-state index contributed by atoms with van der Waals surface area (Å²) in [4.78, 5) is 0. The van der Waals surface area contributed by atoms with Gasteiger partial charge in [-0.1, -0.05) is 0 Å². The van der Waals surface area contributed by atoms with Gasteiger partial charge in [-0.25, -0.2) is 0 Å². The number of nitrogens with zero attached hydrogens (tertiary/aromatic N) is 3. The highest BCUT2D eigenvalue weighted by Crippen LogP contribution is 2.13. The first-order valence-corrected chi connectivity index (χ1v) is 3.73. The predicted octanol–water partition coefficient (Wildman–Crippen LogP) is 1.09. The minimum absolute atomic E-state index is 0.310. The maximum atomic E-state index is 8.41. The molecule has 1 aliphatic heterocycles. The molecule has 0 spiro atoms. The summed E-state index contributed by atoms with van der Waals surface area (Å²) >= 11 is -0.310. The monoisotopic (exact) mass is 213 g/mol. The molecule has 1 rings (SSSR count). The van der Waals surface area contributed by atoms with E-state index in [-0.39, 0.29) is 21.0 Å². The Morgan fingerprint density at radius 1 is 1.86 bits per heavy atom. The highest BCUT2D eigenvalue weighted by atomic mass is 127. The van der Waals surface area contributed by atoms with E-state index in [0.717, 1.165) is 3.72 Å². The van der Waals surface area contributed by atoms with Gasteiger partial charge in [-0.15, -0.1) is 8.36 Å². The fourth-order valence-electron chi connectivity index (χ4n) is 0.246. The topological polar surface area (TPSA) is 48.2 Å². The molecule has 0 unspecified atom stereocenters. The van der Waals surface area contributed by atoms with Crippen LogP contribution in [-0.2, 0) is 0 Å². The van der Waals surface area contributed by atoms with E-state index in [1.807, 2.05) is 6.92 Å². The minimum atomic E-state index is -0.310. The van der Waals surface area contributed by atoms with E-state index >= 15 is 0 Å². The van der Waals surface area contributed by atoms with E-state index in [1.54, 1.807) is 0 Å². The minimum Gasteiger partial charge on any atom is -0.251 e. The summed E-state index contributed by atoms with van der Waals surface area (Å²) in [6, 6.07) is 0. The molecule has 7 heavy (non-hydrogen) atoms. The molecule has 0 radical (unpaired) electrons. The zero-order valence-electron chi connectivity index (χ0n) is 3.67. The molecular weight excluding hydrogens is 209 g/mol. The van der Waals surface area contributed by atoms with Gasteiger partial charge in [-0.2, -0.15) is 0 Å². The number of hydrogen-bond acceptors (Lipinski definition) is 4. The number of hydrogen-bond donors (Lipinski definition) is 1. The van der Waals surface area contributed by atoms with Crippen LogP contribution in [0.1, 0.15) is 6.92 Å². The van der Waals surface area contributed by atoms with Crippen molar-refractivity contribution in [2.24, 2.45) is 8.36 Å². The Morgan fingerprint density at radius 2 is 2.57 bits per heavy atom. The standard InChI is InChI=1S/C2H4IN3O/c1-2-3-5-6(7)4-2/h7H,1H3. The molecule has 0 aromatic heterocycles. The van der Waals surface area contributed by atoms with Crippen LogP contribution >= 0.6 is 21.0 Å². The van der Waals surface area contributed by atoms with E-state index in [9.17, 15) is 0 Å². The van der Waals surface area contributed by atoms with Crippen LogP contribution in [0.15, 0.2) is 8.36 Å². The summed E-state index contributed by atoms with van der Waals surface area (Å²) in [5.41, 5.74) is 0. The van der Waals surface area contributed by atoms with Gasteiger partial charge in [0.2, 0.25) is 0 Å². The Labute approximate surface area is 50.9 Å². The molecular formula is C2H4IN3O. The first-order chi connectivity index (χ1) is 3.29. The van der Waals surface area contributed by atoms with Crippen LogP contribution in [0.3, 0.4) is 0 Å². The number of hydrazone groups is 1. The Morgan fingerprint density at radius 3 is 2.71 bits per heavy atom. The summed E-state index contributed by atoms with van der Waals surface area (Å²) in [6.45, 7) is 1.85. The Hall–Kier alpha value is -0.0400. The van der Waals surface area contributed by atoms with Crippen molar-refractivity contribution < 1.29 is 5.21 Å². The summed E-state index contributed by atoms with van der Waals surface area (Å²) in [5.74, 6) is 0. The Balaban J connectivity index is 2.69. The molecule has 40 valence electrons. The average Bonchev–Trinajstić information content (AvgIpc) is 1.87. The van der Waals surface area contributed by atoms with Gasteiger partial charge in [0, 0.05) is 0 Å². The van der Waals surface area contributed by atoms with Crippen molar-refractivity contribution in [3.05, 3.63) is 0 Å². The van der Waals surface area contributed by atoms with Crippen molar-refractivity contribution in [2.45, 2.75) is 6.92 Å². The lowest BCUT2D eigenvalue weighted by molar-refractivity contribution is -0.0815. The third-order valence-electron chi connectivity index (χ3n) is 0.455. The molecule has 0 saturated carbocycles. The van der Waals surface area contributed by atoms with Crippen molar-refractivity contribution in [1.82, 2.24) is 5.28 Å². The van der Waals surface area contributed by atoms with Gasteiger partial charge in [-0.05, 0) is 12.2 Å².